The lowest BCUT2D eigenvalue weighted by atomic mass is 9.87. The Hall–Kier alpha value is -2.90. The minimum Gasteiger partial charge on any atom is -0.497 e. The quantitative estimate of drug-likeness (QED) is 0.560. The zero-order valence-electron chi connectivity index (χ0n) is 24.7. The van der Waals surface area contributed by atoms with Crippen LogP contribution in [0, 0.1) is 5.92 Å². The second-order valence-corrected chi connectivity index (χ2v) is 13.0. The normalized spacial score (nSPS) is 24.6. The summed E-state index contributed by atoms with van der Waals surface area (Å²) in [6, 6.07) is 14.0. The first kappa shape index (κ1) is 28.6. The van der Waals surface area contributed by atoms with E-state index in [0.29, 0.717) is 26.1 Å². The minimum atomic E-state index is -0.788. The Morgan fingerprint density at radius 1 is 1.00 bits per heavy atom. The van der Waals surface area contributed by atoms with Crippen LogP contribution in [0.3, 0.4) is 0 Å². The van der Waals surface area contributed by atoms with E-state index in [1.54, 1.807) is 7.11 Å². The number of methoxy groups -OCH3 is 1. The number of carbonyl (C=O) groups is 2. The molecule has 0 spiro atoms. The first-order chi connectivity index (χ1) is 19.0. The van der Waals surface area contributed by atoms with E-state index >= 15 is 0 Å². The van der Waals surface area contributed by atoms with E-state index in [-0.39, 0.29) is 29.3 Å². The van der Waals surface area contributed by atoms with Crippen molar-refractivity contribution >= 4 is 11.9 Å². The molecule has 1 amide bonds. The number of ether oxygens (including phenoxy) is 1. The maximum Gasteiger partial charge on any atom is 0.321 e. The van der Waals surface area contributed by atoms with Gasteiger partial charge in [0.15, 0.2) is 0 Å². The Balaban J connectivity index is 1.29. The first-order valence-corrected chi connectivity index (χ1v) is 14.8. The molecule has 2 heterocycles. The number of likely N-dealkylation sites (tertiary alicyclic amines) is 1. The number of rotatable bonds is 7. The molecule has 2 fully saturated rings. The fourth-order valence-electron chi connectivity index (χ4n) is 6.95. The van der Waals surface area contributed by atoms with Gasteiger partial charge in [0.2, 0.25) is 5.91 Å². The van der Waals surface area contributed by atoms with Crippen molar-refractivity contribution in [1.29, 1.82) is 0 Å². The van der Waals surface area contributed by atoms with Crippen molar-refractivity contribution < 1.29 is 19.4 Å². The molecule has 7 nitrogen and oxygen atoms in total. The number of carboxylic acid groups (broad SMARTS) is 1. The molecule has 2 unspecified atom stereocenters. The van der Waals surface area contributed by atoms with E-state index in [0.717, 1.165) is 42.8 Å². The molecule has 40 heavy (non-hydrogen) atoms. The van der Waals surface area contributed by atoms with Gasteiger partial charge in [0.1, 0.15) is 11.8 Å². The van der Waals surface area contributed by atoms with Gasteiger partial charge in [-0.3, -0.25) is 19.4 Å². The Morgan fingerprint density at radius 3 is 2.38 bits per heavy atom. The number of carboxylic acids is 1. The number of hydrogen-bond acceptors (Lipinski definition) is 5. The van der Waals surface area contributed by atoms with Crippen molar-refractivity contribution in [2.24, 2.45) is 5.92 Å². The highest BCUT2D eigenvalue weighted by atomic mass is 16.5. The van der Waals surface area contributed by atoms with Gasteiger partial charge >= 0.3 is 5.97 Å². The van der Waals surface area contributed by atoms with Crippen molar-refractivity contribution in [2.75, 3.05) is 39.8 Å². The zero-order valence-corrected chi connectivity index (χ0v) is 24.7. The average molecular weight is 548 g/mol. The van der Waals surface area contributed by atoms with Crippen LogP contribution < -0.4 is 4.74 Å². The highest BCUT2D eigenvalue weighted by Gasteiger charge is 2.45. The SMILES string of the molecule is COc1ccc(C2CN(C(C)(C)C)CC2C(=O)N2CCN([C@@H](Cc3ccc4c(c3)CCC4)C(=O)O)C[C@@H]2C)cc1. The Bertz CT molecular complexity index is 1220. The molecule has 2 saturated heterocycles. The van der Waals surface area contributed by atoms with Crippen LogP contribution in [0.4, 0.5) is 0 Å². The number of amides is 1. The molecule has 2 aromatic rings. The summed E-state index contributed by atoms with van der Waals surface area (Å²) < 4.78 is 5.36. The predicted octanol–water partition coefficient (Wildman–Crippen LogP) is 4.23. The van der Waals surface area contributed by atoms with Crippen LogP contribution in [-0.2, 0) is 28.9 Å². The van der Waals surface area contributed by atoms with Crippen molar-refractivity contribution in [1.82, 2.24) is 14.7 Å². The maximum absolute atomic E-state index is 14.1. The molecular formula is C33H45N3O4. The second kappa shape index (κ2) is 11.5. The molecule has 0 radical (unpaired) electrons. The number of aryl methyl sites for hydroxylation is 2. The van der Waals surface area contributed by atoms with Crippen LogP contribution in [0.5, 0.6) is 5.75 Å². The highest BCUT2D eigenvalue weighted by Crippen LogP contribution is 2.38. The van der Waals surface area contributed by atoms with Gasteiger partial charge in [-0.15, -0.1) is 0 Å². The largest absolute Gasteiger partial charge is 0.497 e. The molecule has 1 N–H and O–H groups in total. The van der Waals surface area contributed by atoms with Crippen LogP contribution in [-0.4, -0.2) is 89.1 Å². The molecule has 0 aromatic heterocycles. The molecule has 3 aliphatic rings. The summed E-state index contributed by atoms with van der Waals surface area (Å²) in [6.07, 6.45) is 3.89. The Labute approximate surface area is 239 Å². The fourth-order valence-corrected chi connectivity index (χ4v) is 6.95. The predicted molar refractivity (Wildman–Crippen MR) is 157 cm³/mol. The van der Waals surface area contributed by atoms with Crippen molar-refractivity contribution in [2.45, 2.75) is 76.9 Å². The second-order valence-electron chi connectivity index (χ2n) is 13.0. The summed E-state index contributed by atoms with van der Waals surface area (Å²) in [5.41, 5.74) is 5.00. The number of aliphatic carboxylic acids is 1. The van der Waals surface area contributed by atoms with Gasteiger partial charge in [-0.25, -0.2) is 0 Å². The van der Waals surface area contributed by atoms with Crippen LogP contribution in [0.2, 0.25) is 0 Å². The number of nitrogens with zero attached hydrogens (tertiary/aromatic N) is 3. The molecule has 1 aliphatic carbocycles. The van der Waals surface area contributed by atoms with E-state index in [4.69, 9.17) is 4.74 Å². The van der Waals surface area contributed by atoms with Gasteiger partial charge in [-0.2, -0.15) is 0 Å². The van der Waals surface area contributed by atoms with Crippen LogP contribution >= 0.6 is 0 Å². The summed E-state index contributed by atoms with van der Waals surface area (Å²) in [4.78, 5) is 33.0. The zero-order chi connectivity index (χ0) is 28.6. The smallest absolute Gasteiger partial charge is 0.321 e. The van der Waals surface area contributed by atoms with Crippen LogP contribution in [0.25, 0.3) is 0 Å². The third-order valence-corrected chi connectivity index (χ3v) is 9.39. The molecule has 5 rings (SSSR count). The van der Waals surface area contributed by atoms with Crippen molar-refractivity contribution in [3.63, 3.8) is 0 Å². The average Bonchev–Trinajstić information content (AvgIpc) is 3.58. The monoisotopic (exact) mass is 547 g/mol. The highest BCUT2D eigenvalue weighted by molar-refractivity contribution is 5.81. The van der Waals surface area contributed by atoms with Crippen molar-refractivity contribution in [3.8, 4) is 5.75 Å². The maximum atomic E-state index is 14.1. The number of piperazine rings is 1. The third kappa shape index (κ3) is 5.91. The standard InChI is InChI=1S/C33H45N3O4/c1-22-19-34(30(32(38)39)18-23-9-10-24-7-6-8-26(24)17-23)15-16-36(22)31(37)29-21-35(33(2,3)4)20-28(29)25-11-13-27(40-5)14-12-25/h9-14,17,22,28-30H,6-8,15-16,18-21H2,1-5H3,(H,38,39)/t22-,28?,29?,30-/m0/s1. The van der Waals surface area contributed by atoms with Gasteiger partial charge in [0.25, 0.3) is 0 Å². The van der Waals surface area contributed by atoms with Gasteiger partial charge in [0, 0.05) is 50.2 Å². The summed E-state index contributed by atoms with van der Waals surface area (Å²) >= 11 is 0. The summed E-state index contributed by atoms with van der Waals surface area (Å²) in [7, 11) is 1.67. The molecule has 216 valence electrons. The summed E-state index contributed by atoms with van der Waals surface area (Å²) in [5.74, 6) is 0.182. The van der Waals surface area contributed by atoms with Gasteiger partial charge in [0.05, 0.1) is 13.0 Å². The van der Waals surface area contributed by atoms with E-state index in [1.807, 2.05) is 17.0 Å². The van der Waals surface area contributed by atoms with Gasteiger partial charge in [-0.05, 0) is 87.8 Å². The molecule has 0 saturated carbocycles. The van der Waals surface area contributed by atoms with Crippen LogP contribution in [0.1, 0.15) is 62.3 Å². The lowest BCUT2D eigenvalue weighted by molar-refractivity contribution is -0.147. The number of fused-ring (bicyclic) bond motifs is 1. The molecule has 2 aromatic carbocycles. The molecular weight excluding hydrogens is 502 g/mol. The third-order valence-electron chi connectivity index (χ3n) is 9.39. The first-order valence-electron chi connectivity index (χ1n) is 14.8. The van der Waals surface area contributed by atoms with Gasteiger partial charge in [-0.1, -0.05) is 30.3 Å². The van der Waals surface area contributed by atoms with E-state index in [2.05, 4.69) is 67.8 Å². The lowest BCUT2D eigenvalue weighted by Gasteiger charge is -2.43. The molecule has 7 heteroatoms. The van der Waals surface area contributed by atoms with E-state index in [1.165, 1.54) is 17.5 Å². The fraction of sp³-hybridized carbons (Fsp3) is 0.576. The van der Waals surface area contributed by atoms with Gasteiger partial charge < -0.3 is 14.7 Å². The molecule has 0 bridgehead atoms. The minimum absolute atomic E-state index is 0.0314. The van der Waals surface area contributed by atoms with E-state index in [9.17, 15) is 14.7 Å². The Kier molecular flexibility index (Phi) is 8.25. The van der Waals surface area contributed by atoms with Crippen LogP contribution in [0.15, 0.2) is 42.5 Å². The molecule has 2 aliphatic heterocycles. The summed E-state index contributed by atoms with van der Waals surface area (Å²) in [5, 5.41) is 10.2. The Morgan fingerprint density at radius 2 is 1.73 bits per heavy atom. The number of carbonyl (C=O) groups excluding carboxylic acids is 1. The number of hydrogen-bond donors (Lipinski definition) is 1. The molecule has 4 atom stereocenters. The summed E-state index contributed by atoms with van der Waals surface area (Å²) in [6.45, 7) is 11.9. The topological polar surface area (TPSA) is 73.3 Å². The van der Waals surface area contributed by atoms with Crippen molar-refractivity contribution in [3.05, 3.63) is 64.7 Å². The van der Waals surface area contributed by atoms with E-state index < -0.39 is 12.0 Å². The number of benzene rings is 2. The lowest BCUT2D eigenvalue weighted by Crippen LogP contribution is -2.59.